The average Bonchev–Trinajstić information content (AvgIpc) is 2.18. The summed E-state index contributed by atoms with van der Waals surface area (Å²) in [7, 11) is 0. The molecular weight excluding hydrogens is 212 g/mol. The van der Waals surface area contributed by atoms with Crippen LogP contribution < -0.4 is 11.1 Å². The Balaban J connectivity index is 2.77. The summed E-state index contributed by atoms with van der Waals surface area (Å²) in [5.74, 6) is -0.0759. The number of nitrogens with zero attached hydrogens (tertiary/aromatic N) is 2. The lowest BCUT2D eigenvalue weighted by Crippen LogP contribution is -2.41. The molecule has 0 atom stereocenters. The summed E-state index contributed by atoms with van der Waals surface area (Å²) < 4.78 is 0. The number of thiocarbonyl (C=S) groups is 1. The number of anilines is 1. The number of hydrogen-bond acceptors (Lipinski definition) is 4. The first-order chi connectivity index (χ1) is 6.94. The van der Waals surface area contributed by atoms with Crippen LogP contribution in [0.4, 0.5) is 5.95 Å². The van der Waals surface area contributed by atoms with Crippen LogP contribution in [0.5, 0.6) is 0 Å². The molecule has 0 unspecified atom stereocenters. The van der Waals surface area contributed by atoms with Crippen molar-refractivity contribution in [2.45, 2.75) is 13.8 Å². The molecule has 0 saturated heterocycles. The van der Waals surface area contributed by atoms with Gasteiger partial charge >= 0.3 is 0 Å². The van der Waals surface area contributed by atoms with Gasteiger partial charge in [0.05, 0.1) is 10.4 Å². The maximum Gasteiger partial charge on any atom is 0.239 e. The van der Waals surface area contributed by atoms with E-state index < -0.39 is 5.41 Å². The third kappa shape index (κ3) is 2.69. The van der Waals surface area contributed by atoms with Gasteiger partial charge in [0.2, 0.25) is 11.9 Å². The van der Waals surface area contributed by atoms with E-state index in [1.54, 1.807) is 19.9 Å². The highest BCUT2D eigenvalue weighted by Gasteiger charge is 2.31. The normalized spacial score (nSPS) is 10.8. The van der Waals surface area contributed by atoms with Gasteiger partial charge < -0.3 is 5.73 Å². The molecule has 1 amide bonds. The number of nitrogens with one attached hydrogen (secondary N) is 1. The highest BCUT2D eigenvalue weighted by molar-refractivity contribution is 7.80. The molecule has 0 radical (unpaired) electrons. The molecule has 0 aliphatic heterocycles. The van der Waals surface area contributed by atoms with E-state index in [0.717, 1.165) is 0 Å². The second-order valence-corrected chi connectivity index (χ2v) is 3.96. The zero-order valence-electron chi connectivity index (χ0n) is 8.52. The first-order valence-electron chi connectivity index (χ1n) is 4.33. The number of nitrogens with two attached hydrogens (primary N) is 1. The number of carbonyl (C=O) groups is 1. The zero-order chi connectivity index (χ0) is 11.5. The van der Waals surface area contributed by atoms with E-state index in [1.165, 1.54) is 12.4 Å². The van der Waals surface area contributed by atoms with Crippen molar-refractivity contribution < 1.29 is 4.79 Å². The molecule has 0 saturated carbocycles. The van der Waals surface area contributed by atoms with Crippen LogP contribution in [0.2, 0.25) is 0 Å². The Labute approximate surface area is 93.1 Å². The van der Waals surface area contributed by atoms with Gasteiger partial charge in [-0.15, -0.1) is 0 Å². The molecule has 15 heavy (non-hydrogen) atoms. The molecule has 6 heteroatoms. The van der Waals surface area contributed by atoms with Gasteiger partial charge in [-0.1, -0.05) is 12.2 Å². The van der Waals surface area contributed by atoms with E-state index in [0.29, 0.717) is 0 Å². The van der Waals surface area contributed by atoms with Gasteiger partial charge in [-0.3, -0.25) is 10.1 Å². The van der Waals surface area contributed by atoms with Crippen molar-refractivity contribution in [1.82, 2.24) is 9.97 Å². The van der Waals surface area contributed by atoms with Gasteiger partial charge in [-0.2, -0.15) is 0 Å². The van der Waals surface area contributed by atoms with Gasteiger partial charge in [-0.25, -0.2) is 9.97 Å². The maximum atomic E-state index is 11.7. The van der Waals surface area contributed by atoms with Crippen LogP contribution in [0.1, 0.15) is 13.8 Å². The minimum Gasteiger partial charge on any atom is -0.392 e. The van der Waals surface area contributed by atoms with E-state index in [4.69, 9.17) is 18.0 Å². The van der Waals surface area contributed by atoms with Gasteiger partial charge in [-0.05, 0) is 19.9 Å². The van der Waals surface area contributed by atoms with Crippen LogP contribution >= 0.6 is 12.2 Å². The minimum atomic E-state index is -0.908. The van der Waals surface area contributed by atoms with Crippen LogP contribution in [-0.4, -0.2) is 20.9 Å². The van der Waals surface area contributed by atoms with Crippen molar-refractivity contribution in [3.05, 3.63) is 18.5 Å². The first-order valence-corrected chi connectivity index (χ1v) is 4.74. The Bertz CT molecular complexity index is 377. The average molecular weight is 224 g/mol. The van der Waals surface area contributed by atoms with Crippen LogP contribution in [0.3, 0.4) is 0 Å². The quantitative estimate of drug-likeness (QED) is 0.740. The molecule has 0 fully saturated rings. The molecule has 0 aromatic carbocycles. The molecular formula is C9H12N4OS. The van der Waals surface area contributed by atoms with Crippen LogP contribution in [0.15, 0.2) is 18.5 Å². The second kappa shape index (κ2) is 4.31. The lowest BCUT2D eigenvalue weighted by Gasteiger charge is -2.20. The largest absolute Gasteiger partial charge is 0.392 e. The third-order valence-corrected chi connectivity index (χ3v) is 2.49. The standard InChI is InChI=1S/C9H12N4OS/c1-9(2,6(10)15)7(14)13-8-11-4-3-5-12-8/h3-5H,1-2H3,(H2,10,15)(H,11,12,13,14). The van der Waals surface area contributed by atoms with Gasteiger partial charge in [0, 0.05) is 12.4 Å². The Kier molecular flexibility index (Phi) is 3.31. The summed E-state index contributed by atoms with van der Waals surface area (Å²) in [4.78, 5) is 19.6. The maximum absolute atomic E-state index is 11.7. The van der Waals surface area contributed by atoms with Gasteiger partial charge in [0.15, 0.2) is 0 Å². The molecule has 0 aliphatic rings. The fraction of sp³-hybridized carbons (Fsp3) is 0.333. The molecule has 80 valence electrons. The monoisotopic (exact) mass is 224 g/mol. The molecule has 3 N–H and O–H groups in total. The number of hydrogen-bond donors (Lipinski definition) is 2. The third-order valence-electron chi connectivity index (χ3n) is 1.97. The van der Waals surface area contributed by atoms with Crippen molar-refractivity contribution in [2.24, 2.45) is 11.1 Å². The highest BCUT2D eigenvalue weighted by atomic mass is 32.1. The van der Waals surface area contributed by atoms with Crippen molar-refractivity contribution in [3.63, 3.8) is 0 Å². The predicted octanol–water partition coefficient (Wildman–Crippen LogP) is 0.727. The topological polar surface area (TPSA) is 80.9 Å². The van der Waals surface area contributed by atoms with E-state index in [9.17, 15) is 4.79 Å². The van der Waals surface area contributed by atoms with Gasteiger partial charge in [0.1, 0.15) is 0 Å². The summed E-state index contributed by atoms with van der Waals surface area (Å²) in [6.45, 7) is 3.29. The summed E-state index contributed by atoms with van der Waals surface area (Å²) in [5.41, 5.74) is 4.55. The Hall–Kier alpha value is -1.56. The fourth-order valence-corrected chi connectivity index (χ4v) is 0.826. The molecule has 5 nitrogen and oxygen atoms in total. The van der Waals surface area contributed by atoms with E-state index in [-0.39, 0.29) is 16.8 Å². The zero-order valence-corrected chi connectivity index (χ0v) is 9.34. The van der Waals surface area contributed by atoms with Gasteiger partial charge in [0.25, 0.3) is 0 Å². The molecule has 1 aromatic heterocycles. The van der Waals surface area contributed by atoms with Crippen molar-refractivity contribution in [1.29, 1.82) is 0 Å². The van der Waals surface area contributed by atoms with E-state index in [1.807, 2.05) is 0 Å². The van der Waals surface area contributed by atoms with Crippen molar-refractivity contribution in [3.8, 4) is 0 Å². The SMILES string of the molecule is CC(C)(C(=O)Nc1ncccn1)C(N)=S. The fourth-order valence-electron chi connectivity index (χ4n) is 0.733. The van der Waals surface area contributed by atoms with E-state index >= 15 is 0 Å². The highest BCUT2D eigenvalue weighted by Crippen LogP contribution is 2.17. The number of aromatic nitrogens is 2. The van der Waals surface area contributed by atoms with Crippen molar-refractivity contribution in [2.75, 3.05) is 5.32 Å². The first kappa shape index (κ1) is 11.5. The summed E-state index contributed by atoms with van der Waals surface area (Å²) in [6, 6.07) is 1.66. The Morgan fingerprint density at radius 1 is 1.47 bits per heavy atom. The lowest BCUT2D eigenvalue weighted by molar-refractivity contribution is -0.121. The van der Waals surface area contributed by atoms with Crippen LogP contribution in [0, 0.1) is 5.41 Å². The number of rotatable bonds is 3. The summed E-state index contributed by atoms with van der Waals surface area (Å²) in [5, 5.41) is 2.53. The number of amides is 1. The van der Waals surface area contributed by atoms with E-state index in [2.05, 4.69) is 15.3 Å². The molecule has 0 aliphatic carbocycles. The molecule has 1 aromatic rings. The smallest absolute Gasteiger partial charge is 0.239 e. The van der Waals surface area contributed by atoms with Crippen LogP contribution in [0.25, 0.3) is 0 Å². The van der Waals surface area contributed by atoms with Crippen molar-refractivity contribution >= 4 is 29.1 Å². The molecule has 0 spiro atoms. The summed E-state index contributed by atoms with van der Waals surface area (Å²) >= 11 is 4.80. The second-order valence-electron chi connectivity index (χ2n) is 3.52. The summed E-state index contributed by atoms with van der Waals surface area (Å²) in [6.07, 6.45) is 3.08. The molecule has 1 rings (SSSR count). The molecule has 1 heterocycles. The number of carbonyl (C=O) groups excluding carboxylic acids is 1. The van der Waals surface area contributed by atoms with Crippen LogP contribution in [-0.2, 0) is 4.79 Å². The Morgan fingerprint density at radius 2 is 2.00 bits per heavy atom. The predicted molar refractivity (Wildman–Crippen MR) is 61.2 cm³/mol. The minimum absolute atomic E-state index is 0.135. The Morgan fingerprint density at radius 3 is 2.47 bits per heavy atom. The lowest BCUT2D eigenvalue weighted by atomic mass is 9.92. The molecule has 0 bridgehead atoms.